The van der Waals surface area contributed by atoms with Gasteiger partial charge in [-0.3, -0.25) is 14.9 Å². The van der Waals surface area contributed by atoms with Crippen LogP contribution in [0.15, 0.2) is 53.4 Å². The van der Waals surface area contributed by atoms with Crippen molar-refractivity contribution in [3.63, 3.8) is 0 Å². The van der Waals surface area contributed by atoms with Gasteiger partial charge in [0.05, 0.1) is 16.4 Å². The van der Waals surface area contributed by atoms with Gasteiger partial charge in [-0.15, -0.1) is 0 Å². The van der Waals surface area contributed by atoms with Crippen molar-refractivity contribution >= 4 is 27.2 Å². The minimum atomic E-state index is -3.55. The Balaban J connectivity index is 1.64. The summed E-state index contributed by atoms with van der Waals surface area (Å²) in [5, 5.41) is 13.7. The van der Waals surface area contributed by atoms with Crippen LogP contribution in [0.2, 0.25) is 0 Å². The molecule has 2 aromatic rings. The summed E-state index contributed by atoms with van der Waals surface area (Å²) in [6.45, 7) is 3.08. The van der Waals surface area contributed by atoms with Crippen LogP contribution in [0, 0.1) is 16.0 Å². The first kappa shape index (κ1) is 20.9. The van der Waals surface area contributed by atoms with E-state index in [0.29, 0.717) is 30.3 Å². The van der Waals surface area contributed by atoms with Crippen molar-refractivity contribution in [1.29, 1.82) is 0 Å². The number of nitro benzene ring substituents is 1. The minimum absolute atomic E-state index is 0.0583. The van der Waals surface area contributed by atoms with Gasteiger partial charge >= 0.3 is 0 Å². The Kier molecular flexibility index (Phi) is 6.29. The number of rotatable bonds is 7. The first-order chi connectivity index (χ1) is 13.8. The van der Waals surface area contributed by atoms with Crippen molar-refractivity contribution in [3.8, 4) is 0 Å². The molecule has 1 aliphatic heterocycles. The lowest BCUT2D eigenvalue weighted by Crippen LogP contribution is -2.37. The SMILES string of the molecule is CC1CCN(S(=O)(=O)c2ccc(C(=O)CNc3cccc([N+](=O)[O-])c3)cc2)CC1. The maximum absolute atomic E-state index is 12.7. The Morgan fingerprint density at radius 2 is 1.83 bits per heavy atom. The Bertz CT molecular complexity index is 997. The van der Waals surface area contributed by atoms with Crippen LogP contribution in [0.5, 0.6) is 0 Å². The van der Waals surface area contributed by atoms with Crippen LogP contribution >= 0.6 is 0 Å². The average molecular weight is 417 g/mol. The average Bonchev–Trinajstić information content (AvgIpc) is 2.72. The molecule has 0 radical (unpaired) electrons. The molecule has 0 saturated carbocycles. The van der Waals surface area contributed by atoms with Gasteiger partial charge in [0.25, 0.3) is 5.69 Å². The van der Waals surface area contributed by atoms with E-state index in [1.807, 2.05) is 0 Å². The van der Waals surface area contributed by atoms with Crippen LogP contribution in [-0.4, -0.2) is 43.1 Å². The number of carbonyl (C=O) groups is 1. The third-order valence-electron chi connectivity index (χ3n) is 5.07. The number of sulfonamides is 1. The van der Waals surface area contributed by atoms with Crippen LogP contribution < -0.4 is 5.32 Å². The van der Waals surface area contributed by atoms with E-state index in [4.69, 9.17) is 0 Å². The van der Waals surface area contributed by atoms with Crippen molar-refractivity contribution in [2.24, 2.45) is 5.92 Å². The number of ketones is 1. The van der Waals surface area contributed by atoms with Crippen LogP contribution in [-0.2, 0) is 10.0 Å². The molecule has 1 aliphatic rings. The molecule has 0 spiro atoms. The van der Waals surface area contributed by atoms with Gasteiger partial charge < -0.3 is 5.32 Å². The highest BCUT2D eigenvalue weighted by molar-refractivity contribution is 7.89. The minimum Gasteiger partial charge on any atom is -0.377 e. The van der Waals surface area contributed by atoms with Crippen LogP contribution in [0.4, 0.5) is 11.4 Å². The number of nitrogens with one attached hydrogen (secondary N) is 1. The van der Waals surface area contributed by atoms with Gasteiger partial charge in [-0.1, -0.05) is 13.0 Å². The van der Waals surface area contributed by atoms with Crippen LogP contribution in [0.25, 0.3) is 0 Å². The van der Waals surface area contributed by atoms with E-state index < -0.39 is 14.9 Å². The Labute approximate surface area is 169 Å². The summed E-state index contributed by atoms with van der Waals surface area (Å²) in [6, 6.07) is 11.8. The zero-order valence-corrected chi connectivity index (χ0v) is 16.9. The second-order valence-corrected chi connectivity index (χ2v) is 9.13. The molecule has 29 heavy (non-hydrogen) atoms. The quantitative estimate of drug-likeness (QED) is 0.420. The second kappa shape index (κ2) is 8.71. The highest BCUT2D eigenvalue weighted by atomic mass is 32.2. The van der Waals surface area contributed by atoms with Gasteiger partial charge in [0, 0.05) is 36.5 Å². The molecule has 0 aromatic heterocycles. The first-order valence-electron chi connectivity index (χ1n) is 9.39. The van der Waals surface area contributed by atoms with Crippen molar-refractivity contribution in [2.75, 3.05) is 25.0 Å². The number of hydrogen-bond donors (Lipinski definition) is 1. The summed E-state index contributed by atoms with van der Waals surface area (Å²) in [6.07, 6.45) is 1.69. The fourth-order valence-corrected chi connectivity index (χ4v) is 4.67. The molecular formula is C20H23N3O5S. The largest absolute Gasteiger partial charge is 0.377 e. The van der Waals surface area contributed by atoms with Gasteiger partial charge in [0.2, 0.25) is 10.0 Å². The Hall–Kier alpha value is -2.78. The zero-order chi connectivity index (χ0) is 21.0. The standard InChI is InChI=1S/C20H23N3O5S/c1-15-9-11-22(12-10-15)29(27,28)19-7-5-16(6-8-19)20(24)14-21-17-3-2-4-18(13-17)23(25)26/h2-8,13,15,21H,9-12,14H2,1H3. The van der Waals surface area contributed by atoms with E-state index >= 15 is 0 Å². The number of nitro groups is 1. The number of anilines is 1. The summed E-state index contributed by atoms with van der Waals surface area (Å²) < 4.78 is 27.0. The molecule has 0 bridgehead atoms. The molecule has 9 heteroatoms. The van der Waals surface area contributed by atoms with Gasteiger partial charge in [-0.2, -0.15) is 4.31 Å². The molecule has 1 saturated heterocycles. The van der Waals surface area contributed by atoms with E-state index in [9.17, 15) is 23.3 Å². The molecule has 154 valence electrons. The number of piperidine rings is 1. The lowest BCUT2D eigenvalue weighted by Gasteiger charge is -2.29. The fourth-order valence-electron chi connectivity index (χ4n) is 3.20. The predicted octanol–water partition coefficient (Wildman–Crippen LogP) is 3.31. The molecule has 1 fully saturated rings. The third-order valence-corrected chi connectivity index (χ3v) is 6.98. The molecule has 0 atom stereocenters. The molecule has 0 unspecified atom stereocenters. The molecular weight excluding hydrogens is 394 g/mol. The monoisotopic (exact) mass is 417 g/mol. The number of benzene rings is 2. The van der Waals surface area contributed by atoms with E-state index in [1.54, 1.807) is 6.07 Å². The third kappa shape index (κ3) is 4.99. The van der Waals surface area contributed by atoms with Crippen molar-refractivity contribution < 1.29 is 18.1 Å². The van der Waals surface area contributed by atoms with Gasteiger partial charge in [0.15, 0.2) is 5.78 Å². The lowest BCUT2D eigenvalue weighted by molar-refractivity contribution is -0.384. The maximum atomic E-state index is 12.7. The highest BCUT2D eigenvalue weighted by Gasteiger charge is 2.28. The Morgan fingerprint density at radius 3 is 2.45 bits per heavy atom. The Morgan fingerprint density at radius 1 is 1.17 bits per heavy atom. The highest BCUT2D eigenvalue weighted by Crippen LogP contribution is 2.24. The molecule has 0 aliphatic carbocycles. The number of hydrogen-bond acceptors (Lipinski definition) is 6. The molecule has 3 rings (SSSR count). The van der Waals surface area contributed by atoms with Gasteiger partial charge in [-0.05, 0) is 49.1 Å². The van der Waals surface area contributed by atoms with E-state index in [-0.39, 0.29) is 22.9 Å². The fraction of sp³-hybridized carbons (Fsp3) is 0.350. The predicted molar refractivity (Wildman–Crippen MR) is 110 cm³/mol. The second-order valence-electron chi connectivity index (χ2n) is 7.20. The molecule has 0 amide bonds. The number of nitrogens with zero attached hydrogens (tertiary/aromatic N) is 2. The van der Waals surface area contributed by atoms with Crippen LogP contribution in [0.1, 0.15) is 30.1 Å². The van der Waals surface area contributed by atoms with Crippen molar-refractivity contribution in [1.82, 2.24) is 4.31 Å². The summed E-state index contributed by atoms with van der Waals surface area (Å²) in [7, 11) is -3.55. The molecule has 1 N–H and O–H groups in total. The first-order valence-corrected chi connectivity index (χ1v) is 10.8. The normalized spacial score (nSPS) is 15.8. The topological polar surface area (TPSA) is 110 Å². The smallest absolute Gasteiger partial charge is 0.271 e. The number of non-ortho nitro benzene ring substituents is 1. The lowest BCUT2D eigenvalue weighted by atomic mass is 10.0. The van der Waals surface area contributed by atoms with Gasteiger partial charge in [-0.25, -0.2) is 8.42 Å². The molecule has 2 aromatic carbocycles. The van der Waals surface area contributed by atoms with E-state index in [0.717, 1.165) is 12.8 Å². The molecule has 8 nitrogen and oxygen atoms in total. The van der Waals surface area contributed by atoms with E-state index in [2.05, 4.69) is 12.2 Å². The summed E-state index contributed by atoms with van der Waals surface area (Å²) >= 11 is 0. The molecule has 1 heterocycles. The number of carbonyl (C=O) groups excluding carboxylic acids is 1. The summed E-state index contributed by atoms with van der Waals surface area (Å²) in [5.74, 6) is 0.284. The van der Waals surface area contributed by atoms with Crippen LogP contribution in [0.3, 0.4) is 0 Å². The number of Topliss-reactive ketones (excluding diaryl/α,β-unsaturated/α-hetero) is 1. The summed E-state index contributed by atoms with van der Waals surface area (Å²) in [4.78, 5) is 22.9. The zero-order valence-electron chi connectivity index (χ0n) is 16.1. The van der Waals surface area contributed by atoms with Crippen molar-refractivity contribution in [2.45, 2.75) is 24.7 Å². The summed E-state index contributed by atoms with van der Waals surface area (Å²) in [5.41, 5.74) is 0.768. The maximum Gasteiger partial charge on any atom is 0.271 e. The van der Waals surface area contributed by atoms with Crippen molar-refractivity contribution in [3.05, 3.63) is 64.2 Å². The van der Waals surface area contributed by atoms with E-state index in [1.165, 1.54) is 46.8 Å². The van der Waals surface area contributed by atoms with Gasteiger partial charge in [0.1, 0.15) is 0 Å².